The van der Waals surface area contributed by atoms with Gasteiger partial charge in [-0.05, 0) is 71.5 Å². The van der Waals surface area contributed by atoms with Crippen molar-refractivity contribution in [3.8, 4) is 0 Å². The molecule has 2 heterocycles. The van der Waals surface area contributed by atoms with E-state index in [0.29, 0.717) is 23.3 Å². The predicted molar refractivity (Wildman–Crippen MR) is 108 cm³/mol. The molecule has 27 heavy (non-hydrogen) atoms. The molecular weight excluding hydrogens is 456 g/mol. The van der Waals surface area contributed by atoms with E-state index in [-0.39, 0.29) is 12.8 Å². The van der Waals surface area contributed by atoms with Gasteiger partial charge in [0.15, 0.2) is 6.23 Å². The lowest BCUT2D eigenvalue weighted by Gasteiger charge is -2.23. The molecule has 4 rings (SSSR count). The third-order valence-electron chi connectivity index (χ3n) is 5.34. The van der Waals surface area contributed by atoms with E-state index in [1.54, 1.807) is 0 Å². The van der Waals surface area contributed by atoms with E-state index in [0.717, 1.165) is 59.5 Å². The van der Waals surface area contributed by atoms with E-state index in [2.05, 4.69) is 21.0 Å². The zero-order valence-electron chi connectivity index (χ0n) is 15.0. The molecule has 9 heteroatoms. The number of halogens is 2. The number of fused-ring (bicyclic) bond motifs is 1. The molecule has 0 N–H and O–H groups in total. The maximum atomic E-state index is 11.1. The van der Waals surface area contributed by atoms with Crippen LogP contribution in [0.2, 0.25) is 5.02 Å². The lowest BCUT2D eigenvalue weighted by atomic mass is 10.1. The van der Waals surface area contributed by atoms with Crippen LogP contribution in [0.15, 0.2) is 16.7 Å². The zero-order valence-corrected chi connectivity index (χ0v) is 18.2. The van der Waals surface area contributed by atoms with Crippen molar-refractivity contribution in [3.05, 3.63) is 27.3 Å². The summed E-state index contributed by atoms with van der Waals surface area (Å²) in [6.45, 7) is 0.979. The lowest BCUT2D eigenvalue weighted by molar-refractivity contribution is -0.0366. The molecule has 3 atom stereocenters. The van der Waals surface area contributed by atoms with E-state index < -0.39 is 10.1 Å². The molecule has 0 unspecified atom stereocenters. The fourth-order valence-corrected chi connectivity index (χ4v) is 5.55. The summed E-state index contributed by atoms with van der Waals surface area (Å²) in [6.07, 6.45) is 7.78. The fourth-order valence-electron chi connectivity index (χ4n) is 3.89. The first-order valence-corrected chi connectivity index (χ1v) is 12.1. The van der Waals surface area contributed by atoms with Crippen LogP contribution in [-0.4, -0.2) is 37.7 Å². The van der Waals surface area contributed by atoms with Crippen molar-refractivity contribution in [2.75, 3.05) is 19.5 Å². The summed E-state index contributed by atoms with van der Waals surface area (Å²) in [5.74, 6) is 0.698. The number of ether oxygens (including phenoxy) is 1. The standard InChI is InChI=1S/C18H22BrClN2O4S/c1-27(23,24)26-7-5-11-8-12(11)17-14(20)9-15-13(18(17)19)10-21-22(15)16-4-2-3-6-25-16/h9-12,16H,2-8H2,1H3/t11-,12+,16+/m0/s1. The minimum absolute atomic E-state index is 0.0353. The van der Waals surface area contributed by atoms with Crippen LogP contribution < -0.4 is 0 Å². The average Bonchev–Trinajstić information content (AvgIpc) is 3.22. The summed E-state index contributed by atoms with van der Waals surface area (Å²) < 4.78 is 35.8. The van der Waals surface area contributed by atoms with Gasteiger partial charge in [0.1, 0.15) is 0 Å². The predicted octanol–water partition coefficient (Wildman–Crippen LogP) is 4.62. The highest BCUT2D eigenvalue weighted by Crippen LogP contribution is 2.55. The topological polar surface area (TPSA) is 70.4 Å². The van der Waals surface area contributed by atoms with E-state index >= 15 is 0 Å². The summed E-state index contributed by atoms with van der Waals surface area (Å²) in [5.41, 5.74) is 2.05. The number of aromatic nitrogens is 2. The van der Waals surface area contributed by atoms with E-state index in [1.807, 2.05) is 16.9 Å². The van der Waals surface area contributed by atoms with Crippen LogP contribution in [0.25, 0.3) is 10.9 Å². The van der Waals surface area contributed by atoms with Crippen molar-refractivity contribution in [1.82, 2.24) is 9.78 Å². The summed E-state index contributed by atoms with van der Waals surface area (Å²) in [5, 5.41) is 6.29. The van der Waals surface area contributed by atoms with Gasteiger partial charge < -0.3 is 4.74 Å². The van der Waals surface area contributed by atoms with E-state index in [1.165, 1.54) is 0 Å². The molecule has 148 valence electrons. The van der Waals surface area contributed by atoms with Crippen LogP contribution in [0.1, 0.15) is 49.8 Å². The first-order chi connectivity index (χ1) is 12.8. The summed E-state index contributed by atoms with van der Waals surface area (Å²) >= 11 is 10.4. The van der Waals surface area contributed by atoms with Gasteiger partial charge in [-0.25, -0.2) is 4.68 Å². The molecule has 1 aromatic heterocycles. The molecule has 1 saturated heterocycles. The quantitative estimate of drug-likeness (QED) is 0.568. The van der Waals surface area contributed by atoms with Crippen LogP contribution in [0, 0.1) is 5.92 Å². The monoisotopic (exact) mass is 476 g/mol. The molecule has 0 bridgehead atoms. The number of nitrogens with zero attached hydrogens (tertiary/aromatic N) is 2. The third kappa shape index (κ3) is 4.19. The maximum absolute atomic E-state index is 11.1. The number of hydrogen-bond donors (Lipinski definition) is 0. The molecular formula is C18H22BrClN2O4S. The molecule has 1 aliphatic heterocycles. The highest BCUT2D eigenvalue weighted by Gasteiger charge is 2.41. The third-order valence-corrected chi connectivity index (χ3v) is 7.10. The van der Waals surface area contributed by atoms with Crippen LogP contribution >= 0.6 is 27.5 Å². The van der Waals surface area contributed by atoms with Gasteiger partial charge in [0, 0.05) is 21.5 Å². The lowest BCUT2D eigenvalue weighted by Crippen LogP contribution is -2.18. The second kappa shape index (κ2) is 7.63. The first kappa shape index (κ1) is 19.6. The minimum Gasteiger partial charge on any atom is -0.356 e. The average molecular weight is 478 g/mol. The molecule has 1 saturated carbocycles. The Hall–Kier alpha value is -0.670. The first-order valence-electron chi connectivity index (χ1n) is 9.16. The zero-order chi connectivity index (χ0) is 19.2. The van der Waals surface area contributed by atoms with Crippen LogP contribution in [0.5, 0.6) is 0 Å². The smallest absolute Gasteiger partial charge is 0.264 e. The highest BCUT2D eigenvalue weighted by atomic mass is 79.9. The summed E-state index contributed by atoms with van der Waals surface area (Å²) in [7, 11) is -3.39. The minimum atomic E-state index is -3.39. The Morgan fingerprint density at radius 3 is 2.96 bits per heavy atom. The summed E-state index contributed by atoms with van der Waals surface area (Å²) in [4.78, 5) is 0. The van der Waals surface area contributed by atoms with Crippen LogP contribution in [0.3, 0.4) is 0 Å². The van der Waals surface area contributed by atoms with Gasteiger partial charge in [0.2, 0.25) is 0 Å². The molecule has 1 aromatic carbocycles. The largest absolute Gasteiger partial charge is 0.356 e. The molecule has 1 aliphatic carbocycles. The van der Waals surface area contributed by atoms with Gasteiger partial charge in [-0.3, -0.25) is 4.18 Å². The van der Waals surface area contributed by atoms with Gasteiger partial charge in [0.25, 0.3) is 10.1 Å². The molecule has 0 amide bonds. The van der Waals surface area contributed by atoms with Crippen molar-refractivity contribution in [2.45, 2.75) is 44.2 Å². The Morgan fingerprint density at radius 1 is 1.44 bits per heavy atom. The maximum Gasteiger partial charge on any atom is 0.264 e. The second-order valence-electron chi connectivity index (χ2n) is 7.35. The molecule has 2 aliphatic rings. The van der Waals surface area contributed by atoms with Crippen LogP contribution in [0.4, 0.5) is 0 Å². The van der Waals surface area contributed by atoms with Crippen molar-refractivity contribution in [1.29, 1.82) is 0 Å². The van der Waals surface area contributed by atoms with Gasteiger partial charge in [-0.15, -0.1) is 0 Å². The molecule has 6 nitrogen and oxygen atoms in total. The molecule has 2 aromatic rings. The normalized spacial score (nSPS) is 25.8. The fraction of sp³-hybridized carbons (Fsp3) is 0.611. The van der Waals surface area contributed by atoms with Crippen molar-refractivity contribution in [3.63, 3.8) is 0 Å². The van der Waals surface area contributed by atoms with E-state index in [9.17, 15) is 8.42 Å². The number of benzene rings is 1. The Labute approximate surface area is 172 Å². The molecule has 2 fully saturated rings. The summed E-state index contributed by atoms with van der Waals surface area (Å²) in [6, 6.07) is 1.98. The van der Waals surface area contributed by atoms with E-state index in [4.69, 9.17) is 20.5 Å². The van der Waals surface area contributed by atoms with Gasteiger partial charge in [-0.1, -0.05) is 11.6 Å². The van der Waals surface area contributed by atoms with Crippen molar-refractivity contribution in [2.24, 2.45) is 5.92 Å². The van der Waals surface area contributed by atoms with Crippen LogP contribution in [-0.2, 0) is 19.0 Å². The number of hydrogen-bond acceptors (Lipinski definition) is 5. The molecule has 0 spiro atoms. The van der Waals surface area contributed by atoms with Gasteiger partial charge in [-0.2, -0.15) is 13.5 Å². The highest BCUT2D eigenvalue weighted by molar-refractivity contribution is 9.10. The Bertz CT molecular complexity index is 956. The van der Waals surface area contributed by atoms with Gasteiger partial charge >= 0.3 is 0 Å². The van der Waals surface area contributed by atoms with Gasteiger partial charge in [0.05, 0.1) is 24.6 Å². The Balaban J connectivity index is 1.55. The second-order valence-corrected chi connectivity index (χ2v) is 10.2. The Morgan fingerprint density at radius 2 is 2.26 bits per heavy atom. The van der Waals surface area contributed by atoms with Crippen molar-refractivity contribution >= 4 is 48.6 Å². The Kier molecular flexibility index (Phi) is 5.55. The van der Waals surface area contributed by atoms with Crippen molar-refractivity contribution < 1.29 is 17.3 Å². The molecule has 0 radical (unpaired) electrons. The SMILES string of the molecule is CS(=O)(=O)OCC[C@H]1C[C@H]1c1c(Cl)cc2c(cnn2[C@H]2CCCCO2)c1Br. The number of rotatable bonds is 6.